The van der Waals surface area contributed by atoms with Crippen LogP contribution < -0.4 is 4.74 Å². The molecule has 0 aliphatic heterocycles. The van der Waals surface area contributed by atoms with Crippen LogP contribution in [-0.4, -0.2) is 5.97 Å². The van der Waals surface area contributed by atoms with Crippen molar-refractivity contribution in [2.75, 3.05) is 0 Å². The van der Waals surface area contributed by atoms with Gasteiger partial charge in [-0.1, -0.05) is 41.4 Å². The Bertz CT molecular complexity index is 553. The third-order valence-electron chi connectivity index (χ3n) is 2.10. The molecule has 0 atom stereocenters. The number of para-hydroxylation sites is 1. The number of carbonyl (C=O) groups is 1. The summed E-state index contributed by atoms with van der Waals surface area (Å²) in [4.78, 5) is 11.8. The Morgan fingerprint density at radius 2 is 1.76 bits per heavy atom. The highest BCUT2D eigenvalue weighted by molar-refractivity contribution is 6.32. The molecule has 17 heavy (non-hydrogen) atoms. The molecule has 0 heterocycles. The Labute approximate surface area is 109 Å². The van der Waals surface area contributed by atoms with Gasteiger partial charge in [-0.2, -0.15) is 0 Å². The van der Waals surface area contributed by atoms with Crippen LogP contribution >= 0.6 is 23.2 Å². The Kier molecular flexibility index (Phi) is 3.67. The van der Waals surface area contributed by atoms with Crippen LogP contribution in [-0.2, 0) is 0 Å². The topological polar surface area (TPSA) is 26.3 Å². The molecule has 0 aliphatic carbocycles. The van der Waals surface area contributed by atoms with Gasteiger partial charge in [-0.15, -0.1) is 0 Å². The van der Waals surface area contributed by atoms with Gasteiger partial charge in [0.2, 0.25) is 0 Å². The maximum Gasteiger partial charge on any atom is 0.343 e. The van der Waals surface area contributed by atoms with Gasteiger partial charge in [-0.05, 0) is 30.3 Å². The molecule has 2 aromatic rings. The van der Waals surface area contributed by atoms with E-state index >= 15 is 0 Å². The van der Waals surface area contributed by atoms with E-state index in [9.17, 15) is 4.79 Å². The van der Waals surface area contributed by atoms with Crippen molar-refractivity contribution in [3.63, 3.8) is 0 Å². The normalized spacial score (nSPS) is 10.0. The average Bonchev–Trinajstić information content (AvgIpc) is 2.32. The highest BCUT2D eigenvalue weighted by Gasteiger charge is 2.10. The summed E-state index contributed by atoms with van der Waals surface area (Å²) >= 11 is 11.7. The monoisotopic (exact) mass is 266 g/mol. The van der Waals surface area contributed by atoms with Crippen LogP contribution in [0.4, 0.5) is 0 Å². The smallest absolute Gasteiger partial charge is 0.343 e. The van der Waals surface area contributed by atoms with E-state index in [2.05, 4.69) is 0 Å². The second-order valence-electron chi connectivity index (χ2n) is 3.33. The molecule has 2 aromatic carbocycles. The first-order valence-electron chi connectivity index (χ1n) is 4.89. The lowest BCUT2D eigenvalue weighted by Crippen LogP contribution is -2.08. The molecule has 0 aromatic heterocycles. The molecular weight excluding hydrogens is 259 g/mol. The first-order valence-corrected chi connectivity index (χ1v) is 5.64. The van der Waals surface area contributed by atoms with E-state index in [1.54, 1.807) is 48.5 Å². The number of ether oxygens (including phenoxy) is 1. The number of hydrogen-bond acceptors (Lipinski definition) is 2. The Hall–Kier alpha value is -1.51. The molecule has 0 spiro atoms. The third kappa shape index (κ3) is 2.99. The molecule has 0 radical (unpaired) electrons. The van der Waals surface area contributed by atoms with Crippen LogP contribution in [0.15, 0.2) is 48.5 Å². The quantitative estimate of drug-likeness (QED) is 0.601. The second kappa shape index (κ2) is 5.21. The van der Waals surface area contributed by atoms with Gasteiger partial charge in [0.1, 0.15) is 5.75 Å². The summed E-state index contributed by atoms with van der Waals surface area (Å²) in [7, 11) is 0. The predicted molar refractivity (Wildman–Crippen MR) is 67.9 cm³/mol. The minimum Gasteiger partial charge on any atom is -0.421 e. The van der Waals surface area contributed by atoms with Gasteiger partial charge >= 0.3 is 5.97 Å². The van der Waals surface area contributed by atoms with Crippen molar-refractivity contribution < 1.29 is 9.53 Å². The van der Waals surface area contributed by atoms with Crippen LogP contribution in [0.1, 0.15) is 10.4 Å². The van der Waals surface area contributed by atoms with E-state index in [1.165, 1.54) is 0 Å². The molecular formula is C13H8Cl2O2. The summed E-state index contributed by atoms with van der Waals surface area (Å²) in [6.07, 6.45) is 0. The maximum atomic E-state index is 11.8. The van der Waals surface area contributed by atoms with E-state index in [4.69, 9.17) is 27.9 Å². The highest BCUT2D eigenvalue weighted by atomic mass is 35.5. The molecule has 0 N–H and O–H groups in total. The zero-order chi connectivity index (χ0) is 12.3. The lowest BCUT2D eigenvalue weighted by Gasteiger charge is -2.05. The summed E-state index contributed by atoms with van der Waals surface area (Å²) in [5.41, 5.74) is 0.386. The van der Waals surface area contributed by atoms with E-state index < -0.39 is 5.97 Å². The zero-order valence-corrected chi connectivity index (χ0v) is 10.2. The van der Waals surface area contributed by atoms with E-state index in [1.807, 2.05) is 0 Å². The molecule has 0 amide bonds. The fourth-order valence-corrected chi connectivity index (χ4v) is 1.67. The molecule has 2 nitrogen and oxygen atoms in total. The SMILES string of the molecule is O=C(Oc1ccccc1Cl)c1cccc(Cl)c1. The van der Waals surface area contributed by atoms with E-state index in [0.717, 1.165) is 0 Å². The number of esters is 1. The highest BCUT2D eigenvalue weighted by Crippen LogP contribution is 2.24. The standard InChI is InChI=1S/C13H8Cl2O2/c14-10-5-3-4-9(8-10)13(16)17-12-7-2-1-6-11(12)15/h1-8H. The predicted octanol–water partition coefficient (Wildman–Crippen LogP) is 4.21. The van der Waals surface area contributed by atoms with Crippen molar-refractivity contribution in [2.24, 2.45) is 0 Å². The van der Waals surface area contributed by atoms with E-state index in [-0.39, 0.29) is 0 Å². The molecule has 0 bridgehead atoms. The Morgan fingerprint density at radius 3 is 2.47 bits per heavy atom. The number of benzene rings is 2. The van der Waals surface area contributed by atoms with Gasteiger partial charge < -0.3 is 4.74 Å². The van der Waals surface area contributed by atoms with Gasteiger partial charge in [-0.3, -0.25) is 0 Å². The lowest BCUT2D eigenvalue weighted by molar-refractivity contribution is 0.0735. The first kappa shape index (κ1) is 12.0. The summed E-state index contributed by atoms with van der Waals surface area (Å²) in [5, 5.41) is 0.876. The number of halogens is 2. The molecule has 0 unspecified atom stereocenters. The minimum absolute atomic E-state index is 0.333. The minimum atomic E-state index is -0.486. The van der Waals surface area contributed by atoms with Crippen molar-refractivity contribution >= 4 is 29.2 Å². The van der Waals surface area contributed by atoms with Gasteiger partial charge in [0.25, 0.3) is 0 Å². The summed E-state index contributed by atoms with van der Waals surface area (Å²) < 4.78 is 5.16. The fraction of sp³-hybridized carbons (Fsp3) is 0. The van der Waals surface area contributed by atoms with E-state index in [0.29, 0.717) is 21.4 Å². The number of hydrogen-bond donors (Lipinski definition) is 0. The van der Waals surface area contributed by atoms with Gasteiger partial charge in [0.05, 0.1) is 10.6 Å². The van der Waals surface area contributed by atoms with Crippen molar-refractivity contribution in [1.82, 2.24) is 0 Å². The molecule has 4 heteroatoms. The maximum absolute atomic E-state index is 11.8. The summed E-state index contributed by atoms with van der Waals surface area (Å²) in [5.74, 6) is -0.153. The first-order chi connectivity index (χ1) is 8.16. The molecule has 2 rings (SSSR count). The van der Waals surface area contributed by atoms with Crippen molar-refractivity contribution in [1.29, 1.82) is 0 Å². The van der Waals surface area contributed by atoms with Crippen LogP contribution in [0.5, 0.6) is 5.75 Å². The molecule has 0 aliphatic rings. The summed E-state index contributed by atoms with van der Waals surface area (Å²) in [6, 6.07) is 13.3. The molecule has 0 saturated heterocycles. The largest absolute Gasteiger partial charge is 0.421 e. The van der Waals surface area contributed by atoms with Crippen LogP contribution in [0.3, 0.4) is 0 Å². The van der Waals surface area contributed by atoms with Gasteiger partial charge in [0.15, 0.2) is 0 Å². The van der Waals surface area contributed by atoms with Crippen LogP contribution in [0.2, 0.25) is 10.0 Å². The van der Waals surface area contributed by atoms with Crippen LogP contribution in [0.25, 0.3) is 0 Å². The van der Waals surface area contributed by atoms with Crippen LogP contribution in [0, 0.1) is 0 Å². The Balaban J connectivity index is 2.20. The second-order valence-corrected chi connectivity index (χ2v) is 4.17. The molecule has 86 valence electrons. The average molecular weight is 267 g/mol. The summed E-state index contributed by atoms with van der Waals surface area (Å²) in [6.45, 7) is 0. The van der Waals surface area contributed by atoms with Crippen molar-refractivity contribution in [3.05, 3.63) is 64.1 Å². The zero-order valence-electron chi connectivity index (χ0n) is 8.69. The fourth-order valence-electron chi connectivity index (χ4n) is 1.30. The van der Waals surface area contributed by atoms with Gasteiger partial charge in [0, 0.05) is 5.02 Å². The number of carbonyl (C=O) groups excluding carboxylic acids is 1. The number of rotatable bonds is 2. The van der Waals surface area contributed by atoms with Crippen molar-refractivity contribution in [2.45, 2.75) is 0 Å². The molecule has 0 saturated carbocycles. The third-order valence-corrected chi connectivity index (χ3v) is 2.65. The lowest BCUT2D eigenvalue weighted by atomic mass is 10.2. The van der Waals surface area contributed by atoms with Gasteiger partial charge in [-0.25, -0.2) is 4.79 Å². The molecule has 0 fully saturated rings. The Morgan fingerprint density at radius 1 is 1.00 bits per heavy atom. The van der Waals surface area contributed by atoms with Crippen molar-refractivity contribution in [3.8, 4) is 5.75 Å².